The lowest BCUT2D eigenvalue weighted by Gasteiger charge is -2.06. The number of aryl methyl sites for hydroxylation is 1. The molecule has 0 aliphatic carbocycles. The van der Waals surface area contributed by atoms with Crippen LogP contribution in [0, 0.1) is 18.3 Å². The van der Waals surface area contributed by atoms with Gasteiger partial charge in [0.1, 0.15) is 23.0 Å². The van der Waals surface area contributed by atoms with E-state index in [-0.39, 0.29) is 17.0 Å². The largest absolute Gasteiger partial charge is 0.443 e. The van der Waals surface area contributed by atoms with E-state index in [9.17, 15) is 10.1 Å². The lowest BCUT2D eigenvalue weighted by Crippen LogP contribution is -2.14. The van der Waals surface area contributed by atoms with Gasteiger partial charge in [0, 0.05) is 29.5 Å². The van der Waals surface area contributed by atoms with Crippen LogP contribution in [0.3, 0.4) is 0 Å². The average Bonchev–Trinajstić information content (AvgIpc) is 3.33. The van der Waals surface area contributed by atoms with E-state index in [0.717, 1.165) is 10.9 Å². The van der Waals surface area contributed by atoms with E-state index in [2.05, 4.69) is 16.4 Å². The van der Waals surface area contributed by atoms with E-state index in [4.69, 9.17) is 4.42 Å². The Hall–Kier alpha value is -3.72. The Bertz CT molecular complexity index is 1110. The van der Waals surface area contributed by atoms with Gasteiger partial charge in [-0.2, -0.15) is 5.26 Å². The number of amides is 1. The molecular formula is C19H14N4O2. The molecule has 0 atom stereocenters. The highest BCUT2D eigenvalue weighted by Crippen LogP contribution is 2.28. The lowest BCUT2D eigenvalue weighted by atomic mass is 10.1. The molecule has 0 saturated carbocycles. The highest BCUT2D eigenvalue weighted by molar-refractivity contribution is 6.10. The van der Waals surface area contributed by atoms with Crippen LogP contribution >= 0.6 is 0 Å². The van der Waals surface area contributed by atoms with Crippen LogP contribution in [0.15, 0.2) is 59.4 Å². The summed E-state index contributed by atoms with van der Waals surface area (Å²) < 4.78 is 7.36. The number of carbonyl (C=O) groups excluding carboxylic acids is 1. The van der Waals surface area contributed by atoms with E-state index in [1.54, 1.807) is 23.9 Å². The second kappa shape index (κ2) is 5.73. The molecule has 0 radical (unpaired) electrons. The normalized spacial score (nSPS) is 10.7. The van der Waals surface area contributed by atoms with Crippen molar-refractivity contribution >= 4 is 22.5 Å². The smallest absolute Gasteiger partial charge is 0.260 e. The van der Waals surface area contributed by atoms with E-state index in [0.29, 0.717) is 17.3 Å². The number of fused-ring (bicyclic) bond motifs is 1. The third-order valence-corrected chi connectivity index (χ3v) is 4.09. The van der Waals surface area contributed by atoms with Crippen LogP contribution in [0.1, 0.15) is 21.7 Å². The van der Waals surface area contributed by atoms with Gasteiger partial charge in [-0.05, 0) is 37.3 Å². The minimum Gasteiger partial charge on any atom is -0.443 e. The van der Waals surface area contributed by atoms with Gasteiger partial charge in [0.05, 0.1) is 5.69 Å². The third kappa shape index (κ3) is 2.39. The number of H-pyrrole nitrogens is 1. The predicted molar refractivity (Wildman–Crippen MR) is 93.7 cm³/mol. The first-order chi connectivity index (χ1) is 12.2. The highest BCUT2D eigenvalue weighted by atomic mass is 16.4. The first-order valence-corrected chi connectivity index (χ1v) is 7.73. The summed E-state index contributed by atoms with van der Waals surface area (Å²) in [6.45, 7) is 1.68. The van der Waals surface area contributed by atoms with Crippen LogP contribution < -0.4 is 5.32 Å². The van der Waals surface area contributed by atoms with Gasteiger partial charge in [-0.15, -0.1) is 0 Å². The molecule has 0 bridgehead atoms. The predicted octanol–water partition coefficient (Wildman–Crippen LogP) is 3.98. The van der Waals surface area contributed by atoms with E-state index >= 15 is 0 Å². The van der Waals surface area contributed by atoms with Crippen molar-refractivity contribution in [2.24, 2.45) is 0 Å². The zero-order valence-electron chi connectivity index (χ0n) is 13.4. The fourth-order valence-electron chi connectivity index (χ4n) is 2.94. The van der Waals surface area contributed by atoms with Crippen molar-refractivity contribution in [1.82, 2.24) is 9.55 Å². The summed E-state index contributed by atoms with van der Waals surface area (Å²) >= 11 is 0. The summed E-state index contributed by atoms with van der Waals surface area (Å²) in [7, 11) is 0. The summed E-state index contributed by atoms with van der Waals surface area (Å²) in [6, 6.07) is 13.2. The molecule has 1 amide bonds. The second-order valence-electron chi connectivity index (χ2n) is 5.61. The zero-order chi connectivity index (χ0) is 17.4. The molecule has 0 fully saturated rings. The van der Waals surface area contributed by atoms with Gasteiger partial charge in [0.2, 0.25) is 5.88 Å². The molecular weight excluding hydrogens is 316 g/mol. The van der Waals surface area contributed by atoms with Crippen LogP contribution in [-0.4, -0.2) is 15.5 Å². The summed E-state index contributed by atoms with van der Waals surface area (Å²) in [5.41, 5.74) is 2.07. The molecule has 6 nitrogen and oxygen atoms in total. The maximum absolute atomic E-state index is 12.8. The third-order valence-electron chi connectivity index (χ3n) is 4.09. The van der Waals surface area contributed by atoms with Crippen molar-refractivity contribution in [1.29, 1.82) is 5.26 Å². The van der Waals surface area contributed by atoms with Crippen LogP contribution in [-0.2, 0) is 0 Å². The van der Waals surface area contributed by atoms with Crippen molar-refractivity contribution in [3.8, 4) is 12.0 Å². The number of carbonyl (C=O) groups is 1. The molecule has 122 valence electrons. The van der Waals surface area contributed by atoms with Gasteiger partial charge >= 0.3 is 0 Å². The van der Waals surface area contributed by atoms with Crippen LogP contribution in [0.25, 0.3) is 16.8 Å². The molecule has 0 aliphatic heterocycles. The topological polar surface area (TPSA) is 86.8 Å². The number of nitrogens with zero attached hydrogens (tertiary/aromatic N) is 2. The molecule has 3 aromatic heterocycles. The highest BCUT2D eigenvalue weighted by Gasteiger charge is 2.24. The van der Waals surface area contributed by atoms with E-state index < -0.39 is 0 Å². The van der Waals surface area contributed by atoms with Gasteiger partial charge in [0.25, 0.3) is 5.91 Å². The van der Waals surface area contributed by atoms with E-state index in [1.807, 2.05) is 42.6 Å². The molecule has 25 heavy (non-hydrogen) atoms. The number of furan rings is 1. The molecule has 4 aromatic rings. The zero-order valence-corrected chi connectivity index (χ0v) is 13.4. The summed E-state index contributed by atoms with van der Waals surface area (Å²) in [6.07, 6.45) is 5.34. The van der Waals surface area contributed by atoms with Gasteiger partial charge in [0.15, 0.2) is 0 Å². The van der Waals surface area contributed by atoms with Crippen molar-refractivity contribution in [2.45, 2.75) is 6.92 Å². The van der Waals surface area contributed by atoms with E-state index in [1.165, 1.54) is 0 Å². The van der Waals surface area contributed by atoms with Gasteiger partial charge < -0.3 is 14.7 Å². The minimum absolute atomic E-state index is 0.215. The van der Waals surface area contributed by atoms with Crippen LogP contribution in [0.2, 0.25) is 0 Å². The summed E-state index contributed by atoms with van der Waals surface area (Å²) in [5.74, 6) is 0.374. The fraction of sp³-hybridized carbons (Fsp3) is 0.0526. The first kappa shape index (κ1) is 14.8. The Morgan fingerprint density at radius 1 is 1.24 bits per heavy atom. The van der Waals surface area contributed by atoms with Crippen LogP contribution in [0.4, 0.5) is 5.69 Å². The number of nitriles is 1. The summed E-state index contributed by atoms with van der Waals surface area (Å²) in [4.78, 5) is 15.9. The minimum atomic E-state index is -0.370. The van der Waals surface area contributed by atoms with Crippen molar-refractivity contribution in [3.63, 3.8) is 0 Å². The maximum Gasteiger partial charge on any atom is 0.260 e. The Kier molecular flexibility index (Phi) is 3.40. The first-order valence-electron chi connectivity index (χ1n) is 7.73. The molecule has 0 saturated heterocycles. The van der Waals surface area contributed by atoms with Crippen molar-refractivity contribution < 1.29 is 9.21 Å². The maximum atomic E-state index is 12.8. The molecule has 6 heteroatoms. The van der Waals surface area contributed by atoms with Gasteiger partial charge in [-0.25, -0.2) is 0 Å². The van der Waals surface area contributed by atoms with Gasteiger partial charge in [-0.3, -0.25) is 9.36 Å². The molecule has 3 heterocycles. The fourth-order valence-corrected chi connectivity index (χ4v) is 2.94. The molecule has 1 aromatic carbocycles. The SMILES string of the molecule is Cc1oc(-n2cccc2)c(C#N)c1C(=O)Nc1cccc2[nH]ccc12. The monoisotopic (exact) mass is 330 g/mol. The molecule has 4 rings (SSSR count). The molecule has 2 N–H and O–H groups in total. The van der Waals surface area contributed by atoms with Crippen molar-refractivity contribution in [2.75, 3.05) is 5.32 Å². The van der Waals surface area contributed by atoms with Crippen molar-refractivity contribution in [3.05, 3.63) is 71.9 Å². The number of rotatable bonds is 3. The molecule has 0 aliphatic rings. The number of hydrogen-bond donors (Lipinski definition) is 2. The number of hydrogen-bond acceptors (Lipinski definition) is 3. The Morgan fingerprint density at radius 3 is 2.80 bits per heavy atom. The number of nitrogens with one attached hydrogen (secondary N) is 2. The molecule has 0 spiro atoms. The van der Waals surface area contributed by atoms with Crippen LogP contribution in [0.5, 0.6) is 0 Å². The second-order valence-corrected chi connectivity index (χ2v) is 5.61. The van der Waals surface area contributed by atoms with Gasteiger partial charge in [-0.1, -0.05) is 6.07 Å². The lowest BCUT2D eigenvalue weighted by molar-refractivity contribution is 0.102. The standard InChI is InChI=1S/C19H14N4O2/c1-12-17(14(11-20)19(25-12)23-9-2-3-10-23)18(24)22-16-6-4-5-15-13(16)7-8-21-15/h2-10,21H,1H3,(H,22,24). The summed E-state index contributed by atoms with van der Waals surface area (Å²) in [5, 5.41) is 13.3. The quantitative estimate of drug-likeness (QED) is 0.595. The Balaban J connectivity index is 1.76. The Morgan fingerprint density at radius 2 is 2.04 bits per heavy atom. The number of aromatic amines is 1. The number of anilines is 1. The number of benzene rings is 1. The number of aromatic nitrogens is 2. The molecule has 0 unspecified atom stereocenters. The average molecular weight is 330 g/mol. The Labute approximate surface area is 143 Å².